The van der Waals surface area contributed by atoms with Crippen molar-refractivity contribution in [1.82, 2.24) is 20.7 Å². The molecular weight excluding hydrogens is 754 g/mol. The van der Waals surface area contributed by atoms with Crippen LogP contribution in [0.4, 0.5) is 26.3 Å². The second-order valence-corrected chi connectivity index (χ2v) is 13.4. The summed E-state index contributed by atoms with van der Waals surface area (Å²) in [6.07, 6.45) is -7.24. The second-order valence-electron chi connectivity index (χ2n) is 11.6. The molecule has 0 atom stereocenters. The van der Waals surface area contributed by atoms with Crippen LogP contribution in [0.2, 0.25) is 0 Å². The highest BCUT2D eigenvalue weighted by molar-refractivity contribution is 7.89. The van der Waals surface area contributed by atoms with Crippen LogP contribution >= 0.6 is 0 Å². The van der Waals surface area contributed by atoms with E-state index in [0.717, 1.165) is 0 Å². The Morgan fingerprint density at radius 2 is 1.02 bits per heavy atom. The predicted molar refractivity (Wildman–Crippen MR) is 179 cm³/mol. The first kappa shape index (κ1) is 44.5. The smallest absolute Gasteiger partial charge is 0.416 e. The Labute approximate surface area is 308 Å². The van der Waals surface area contributed by atoms with Gasteiger partial charge in [0.25, 0.3) is 23.6 Å². The summed E-state index contributed by atoms with van der Waals surface area (Å²) in [7, 11) is -3.99. The van der Waals surface area contributed by atoms with Crippen molar-refractivity contribution in [3.05, 3.63) is 100 Å². The normalized spacial score (nSPS) is 11.7. The molecule has 3 aromatic rings. The quantitative estimate of drug-likeness (QED) is 0.0469. The zero-order valence-corrected chi connectivity index (χ0v) is 29.7. The van der Waals surface area contributed by atoms with Gasteiger partial charge in [0.1, 0.15) is 0 Å². The highest BCUT2D eigenvalue weighted by Crippen LogP contribution is 2.36. The van der Waals surface area contributed by atoms with Gasteiger partial charge in [-0.3, -0.25) is 25.5 Å². The number of benzene rings is 3. The van der Waals surface area contributed by atoms with Crippen molar-refractivity contribution in [3.63, 3.8) is 0 Å². The van der Waals surface area contributed by atoms with Crippen LogP contribution in [-0.4, -0.2) is 58.2 Å². The fraction of sp³-hybridized carbons (Fsp3) is 0.353. The maximum absolute atomic E-state index is 13.1. The number of hydrogen-bond donors (Lipinski definition) is 6. The molecule has 0 aromatic heterocycles. The van der Waals surface area contributed by atoms with Gasteiger partial charge in [0.15, 0.2) is 0 Å². The number of halogens is 7. The summed E-state index contributed by atoms with van der Waals surface area (Å²) in [4.78, 5) is 37.0. The standard InChI is InChI=1S/C34H38F6N6O5S.ClH/c35-33(36,37)26-18-25(19-27(21-26)34(38,39)40)32(49)45-16-5-2-6-17-46-52(50,51)28-9-7-8-24(20-28)31(48)44-15-4-1-3-14-43-30(47)23-12-10-22(11-13-23)29(41)42;/h7-13,18-21,46H,1-6,14-17H2,(H3,41,42)(H,43,47)(H,44,48)(H,45,49);1H. The van der Waals surface area contributed by atoms with E-state index < -0.39 is 50.9 Å². The summed E-state index contributed by atoms with van der Waals surface area (Å²) in [6.45, 7) is 0.679. The third-order valence-electron chi connectivity index (χ3n) is 7.59. The summed E-state index contributed by atoms with van der Waals surface area (Å²) in [5.74, 6) is -1.66. The summed E-state index contributed by atoms with van der Waals surface area (Å²) >= 11 is 0. The number of alkyl halides is 6. The minimum Gasteiger partial charge on any atom is -1.00 e. The van der Waals surface area contributed by atoms with Gasteiger partial charge in [0.05, 0.1) is 21.6 Å². The van der Waals surface area contributed by atoms with Crippen LogP contribution in [0.15, 0.2) is 71.6 Å². The molecule has 19 heteroatoms. The molecule has 8 N–H and O–H groups in total. The lowest BCUT2D eigenvalue weighted by atomic mass is 10.0. The highest BCUT2D eigenvalue weighted by atomic mass is 35.5. The molecule has 3 aromatic carbocycles. The van der Waals surface area contributed by atoms with E-state index in [-0.39, 0.29) is 60.2 Å². The molecular formula is C34H39ClF6N6O5S. The number of rotatable bonds is 18. The van der Waals surface area contributed by atoms with Gasteiger partial charge in [-0.15, -0.1) is 0 Å². The van der Waals surface area contributed by atoms with E-state index in [0.29, 0.717) is 68.5 Å². The number of sulfonamides is 1. The largest absolute Gasteiger partial charge is 1.00 e. The van der Waals surface area contributed by atoms with Crippen molar-refractivity contribution >= 4 is 33.6 Å². The molecule has 0 spiro atoms. The number of carbonyl (C=O) groups is 3. The molecule has 0 aliphatic heterocycles. The Bertz CT molecular complexity index is 1810. The first-order valence-electron chi connectivity index (χ1n) is 16.1. The molecule has 290 valence electrons. The first-order chi connectivity index (χ1) is 24.4. The van der Waals surface area contributed by atoms with Crippen LogP contribution in [0, 0.1) is 0 Å². The molecule has 0 bridgehead atoms. The average Bonchev–Trinajstić information content (AvgIpc) is 3.09. The molecule has 0 aliphatic rings. The highest BCUT2D eigenvalue weighted by Gasteiger charge is 2.37. The van der Waals surface area contributed by atoms with Crippen LogP contribution < -0.4 is 44.2 Å². The van der Waals surface area contributed by atoms with Gasteiger partial charge in [-0.05, 0) is 92.8 Å². The average molecular weight is 793 g/mol. The van der Waals surface area contributed by atoms with Crippen molar-refractivity contribution in [1.29, 1.82) is 0 Å². The van der Waals surface area contributed by atoms with Crippen molar-refractivity contribution in [2.75, 3.05) is 26.2 Å². The van der Waals surface area contributed by atoms with Gasteiger partial charge in [0.2, 0.25) is 10.0 Å². The van der Waals surface area contributed by atoms with Crippen molar-refractivity contribution in [2.24, 2.45) is 5.73 Å². The van der Waals surface area contributed by atoms with E-state index >= 15 is 0 Å². The molecule has 0 saturated carbocycles. The topological polar surface area (TPSA) is 185 Å². The van der Waals surface area contributed by atoms with Crippen LogP contribution in [0.3, 0.4) is 0 Å². The van der Waals surface area contributed by atoms with Crippen molar-refractivity contribution in [2.45, 2.75) is 55.8 Å². The molecule has 0 radical (unpaired) electrons. The molecule has 0 unspecified atom stereocenters. The summed E-state index contributed by atoms with van der Waals surface area (Å²) in [6, 6.07) is 12.6. The van der Waals surface area contributed by atoms with Crippen LogP contribution in [0.1, 0.15) is 86.3 Å². The zero-order chi connectivity index (χ0) is 38.5. The number of nitrogens with two attached hydrogens (primary N) is 2. The lowest BCUT2D eigenvalue weighted by Crippen LogP contribution is -3.00. The predicted octanol–water partition coefficient (Wildman–Crippen LogP) is 0.401. The maximum atomic E-state index is 13.1. The van der Waals surface area contributed by atoms with Crippen LogP contribution in [-0.2, 0) is 22.4 Å². The van der Waals surface area contributed by atoms with E-state index in [9.17, 15) is 49.1 Å². The van der Waals surface area contributed by atoms with Gasteiger partial charge in [-0.25, -0.2) is 13.1 Å². The van der Waals surface area contributed by atoms with E-state index in [4.69, 9.17) is 11.1 Å². The lowest BCUT2D eigenvalue weighted by molar-refractivity contribution is -0.143. The minimum atomic E-state index is -5.09. The van der Waals surface area contributed by atoms with Gasteiger partial charge >= 0.3 is 12.4 Å². The molecule has 0 saturated heterocycles. The van der Waals surface area contributed by atoms with Gasteiger partial charge in [-0.1, -0.05) is 12.5 Å². The van der Waals surface area contributed by atoms with Gasteiger partial charge in [-0.2, -0.15) is 26.3 Å². The van der Waals surface area contributed by atoms with E-state index in [1.165, 1.54) is 24.3 Å². The number of carbonyl (C=O) groups excluding carboxylic acids is 3. The number of hydrogen-bond acceptors (Lipinski definition) is 5. The van der Waals surface area contributed by atoms with E-state index in [2.05, 4.69) is 20.7 Å². The summed E-state index contributed by atoms with van der Waals surface area (Å²) in [5, 5.41) is 13.3. The monoisotopic (exact) mass is 792 g/mol. The van der Waals surface area contributed by atoms with E-state index in [1.54, 1.807) is 24.3 Å². The summed E-state index contributed by atoms with van der Waals surface area (Å²) in [5.41, 5.74) is 2.75. The Kier molecular flexibility index (Phi) is 16.8. The van der Waals surface area contributed by atoms with Crippen molar-refractivity contribution in [3.8, 4) is 0 Å². The molecule has 3 rings (SSSR count). The van der Waals surface area contributed by atoms with Crippen molar-refractivity contribution < 1.29 is 67.0 Å². The molecule has 11 nitrogen and oxygen atoms in total. The lowest BCUT2D eigenvalue weighted by Gasteiger charge is -2.14. The SMILES string of the molecule is NC(=[NH2+])c1ccc(C(=O)NCCCCCNC(=O)c2cccc(S(=O)(=O)NCCCCCNC(=O)c3cc(C(F)(F)F)cc(C(F)(F)F)c3)c2)cc1.[Cl-]. The summed E-state index contributed by atoms with van der Waals surface area (Å²) < 4.78 is 106. The Morgan fingerprint density at radius 1 is 0.585 bits per heavy atom. The third kappa shape index (κ3) is 14.3. The molecule has 0 heterocycles. The van der Waals surface area contributed by atoms with Crippen LogP contribution in [0.5, 0.6) is 0 Å². The van der Waals surface area contributed by atoms with E-state index in [1.807, 2.05) is 0 Å². The number of unbranched alkanes of at least 4 members (excludes halogenated alkanes) is 4. The fourth-order valence-corrected chi connectivity index (χ4v) is 5.88. The molecule has 53 heavy (non-hydrogen) atoms. The van der Waals surface area contributed by atoms with Gasteiger partial charge in [0, 0.05) is 42.9 Å². The third-order valence-corrected chi connectivity index (χ3v) is 9.05. The minimum absolute atomic E-state index is 0. The number of amides is 3. The number of nitrogens with one attached hydrogen (secondary N) is 4. The molecule has 0 aliphatic carbocycles. The second kappa shape index (κ2) is 20.0. The van der Waals surface area contributed by atoms with Gasteiger partial charge < -0.3 is 28.4 Å². The first-order valence-corrected chi connectivity index (χ1v) is 17.6. The maximum Gasteiger partial charge on any atom is 0.416 e. The Hall–Kier alpha value is -4.68. The molecule has 0 fully saturated rings. The Morgan fingerprint density at radius 3 is 1.49 bits per heavy atom. The molecule has 3 amide bonds. The van der Waals surface area contributed by atoms with Crippen LogP contribution in [0.25, 0.3) is 0 Å². The zero-order valence-electron chi connectivity index (χ0n) is 28.2. The number of amidine groups is 1. The fourth-order valence-electron chi connectivity index (χ4n) is 4.76. The Balaban J connectivity index is 0.00000972.